The van der Waals surface area contributed by atoms with E-state index in [1.54, 1.807) is 7.11 Å². The van der Waals surface area contributed by atoms with E-state index in [2.05, 4.69) is 46.8 Å². The van der Waals surface area contributed by atoms with Crippen LogP contribution in [0.4, 0.5) is 0 Å². The summed E-state index contributed by atoms with van der Waals surface area (Å²) in [5, 5.41) is 0. The van der Waals surface area contributed by atoms with Crippen molar-refractivity contribution in [3.05, 3.63) is 28.8 Å². The van der Waals surface area contributed by atoms with Crippen LogP contribution < -0.4 is 4.74 Å². The fourth-order valence-electron chi connectivity index (χ4n) is 1.92. The van der Waals surface area contributed by atoms with Gasteiger partial charge >= 0.3 is 0 Å². The van der Waals surface area contributed by atoms with Gasteiger partial charge in [0.25, 0.3) is 0 Å². The lowest BCUT2D eigenvalue weighted by molar-refractivity contribution is 0.400. The number of hydrogen-bond donors (Lipinski definition) is 0. The van der Waals surface area contributed by atoms with Crippen LogP contribution in [0.5, 0.6) is 5.75 Å². The predicted molar refractivity (Wildman–Crippen MR) is 65.9 cm³/mol. The molecule has 0 saturated heterocycles. The Morgan fingerprint density at radius 2 is 1.33 bits per heavy atom. The normalized spacial score (nSPS) is 11.2. The predicted octanol–water partition coefficient (Wildman–Crippen LogP) is 4.25. The van der Waals surface area contributed by atoms with Gasteiger partial charge in [-0.3, -0.25) is 0 Å². The maximum Gasteiger partial charge on any atom is 0.125 e. The third-order valence-corrected chi connectivity index (χ3v) is 2.74. The quantitative estimate of drug-likeness (QED) is 0.718. The Kier molecular flexibility index (Phi) is 3.78. The van der Waals surface area contributed by atoms with Crippen molar-refractivity contribution in [2.24, 2.45) is 0 Å². The molecule has 1 rings (SSSR count). The molecule has 1 aromatic rings. The molecule has 84 valence electrons. The van der Waals surface area contributed by atoms with E-state index in [9.17, 15) is 0 Å². The zero-order valence-electron chi connectivity index (χ0n) is 10.7. The molecule has 0 unspecified atom stereocenters. The molecule has 0 aliphatic carbocycles. The fraction of sp³-hybridized carbons (Fsp3) is 0.571. The second-order valence-electron chi connectivity index (χ2n) is 4.79. The highest BCUT2D eigenvalue weighted by Crippen LogP contribution is 2.35. The van der Waals surface area contributed by atoms with Gasteiger partial charge in [-0.2, -0.15) is 0 Å². The molecule has 0 N–H and O–H groups in total. The van der Waals surface area contributed by atoms with E-state index < -0.39 is 0 Å². The van der Waals surface area contributed by atoms with Gasteiger partial charge in [0, 0.05) is 0 Å². The molecule has 0 saturated carbocycles. The highest BCUT2D eigenvalue weighted by molar-refractivity contribution is 5.47. The van der Waals surface area contributed by atoms with Crippen LogP contribution in [-0.4, -0.2) is 7.11 Å². The first-order valence-electron chi connectivity index (χ1n) is 5.65. The van der Waals surface area contributed by atoms with Gasteiger partial charge < -0.3 is 4.74 Å². The molecule has 1 heteroatoms. The molecule has 0 amide bonds. The van der Waals surface area contributed by atoms with E-state index in [-0.39, 0.29) is 0 Å². The van der Waals surface area contributed by atoms with Gasteiger partial charge in [-0.05, 0) is 29.9 Å². The Morgan fingerprint density at radius 3 is 1.60 bits per heavy atom. The third-order valence-electron chi connectivity index (χ3n) is 2.74. The molecule has 0 heterocycles. The highest BCUT2D eigenvalue weighted by atomic mass is 16.5. The van der Waals surface area contributed by atoms with Crippen LogP contribution in [0.1, 0.15) is 56.2 Å². The summed E-state index contributed by atoms with van der Waals surface area (Å²) in [5.74, 6) is 2.10. The van der Waals surface area contributed by atoms with Crippen LogP contribution in [-0.2, 0) is 0 Å². The van der Waals surface area contributed by atoms with Crippen molar-refractivity contribution in [2.75, 3.05) is 7.11 Å². The zero-order chi connectivity index (χ0) is 11.6. The lowest BCUT2D eigenvalue weighted by atomic mass is 9.92. The number of benzene rings is 1. The lowest BCUT2D eigenvalue weighted by Crippen LogP contribution is -2.01. The summed E-state index contributed by atoms with van der Waals surface area (Å²) in [5.41, 5.74) is 3.96. The first-order valence-corrected chi connectivity index (χ1v) is 5.65. The number of methoxy groups -OCH3 is 1. The SMILES string of the molecule is COc1c(C(C)C)cc(C)cc1C(C)C. The topological polar surface area (TPSA) is 9.23 Å². The number of rotatable bonds is 3. The first kappa shape index (κ1) is 12.1. The smallest absolute Gasteiger partial charge is 0.125 e. The molecule has 0 aliphatic rings. The van der Waals surface area contributed by atoms with Crippen LogP contribution in [0.3, 0.4) is 0 Å². The maximum atomic E-state index is 5.55. The Balaban J connectivity index is 3.38. The number of hydrogen-bond acceptors (Lipinski definition) is 1. The first-order chi connectivity index (χ1) is 6.97. The van der Waals surface area contributed by atoms with Crippen molar-refractivity contribution in [3.63, 3.8) is 0 Å². The molecule has 1 aromatic carbocycles. The minimum atomic E-state index is 0.511. The van der Waals surface area contributed by atoms with Crippen molar-refractivity contribution in [1.82, 2.24) is 0 Å². The zero-order valence-corrected chi connectivity index (χ0v) is 10.7. The summed E-state index contributed by atoms with van der Waals surface area (Å²) in [7, 11) is 1.77. The maximum absolute atomic E-state index is 5.55. The summed E-state index contributed by atoms with van der Waals surface area (Å²) in [4.78, 5) is 0. The van der Waals surface area contributed by atoms with Crippen LogP contribution in [0.2, 0.25) is 0 Å². The molecule has 0 radical (unpaired) electrons. The molecule has 1 nitrogen and oxygen atoms in total. The highest BCUT2D eigenvalue weighted by Gasteiger charge is 2.14. The van der Waals surface area contributed by atoms with Crippen molar-refractivity contribution >= 4 is 0 Å². The summed E-state index contributed by atoms with van der Waals surface area (Å²) >= 11 is 0. The van der Waals surface area contributed by atoms with Crippen molar-refractivity contribution in [2.45, 2.75) is 46.5 Å². The summed E-state index contributed by atoms with van der Waals surface area (Å²) in [6.45, 7) is 11.0. The molecule has 0 aromatic heterocycles. The van der Waals surface area contributed by atoms with E-state index in [0.29, 0.717) is 11.8 Å². The van der Waals surface area contributed by atoms with Gasteiger partial charge in [0.15, 0.2) is 0 Å². The third kappa shape index (κ3) is 2.53. The van der Waals surface area contributed by atoms with Gasteiger partial charge in [-0.1, -0.05) is 45.4 Å². The molecule has 0 atom stereocenters. The number of ether oxygens (including phenoxy) is 1. The summed E-state index contributed by atoms with van der Waals surface area (Å²) in [6.07, 6.45) is 0. The van der Waals surface area contributed by atoms with E-state index in [0.717, 1.165) is 5.75 Å². The minimum Gasteiger partial charge on any atom is -0.496 e. The molecule has 0 aliphatic heterocycles. The summed E-state index contributed by atoms with van der Waals surface area (Å²) < 4.78 is 5.55. The van der Waals surface area contributed by atoms with Gasteiger partial charge in [-0.15, -0.1) is 0 Å². The standard InChI is InChI=1S/C14H22O/c1-9(2)12-7-11(5)8-13(10(3)4)14(12)15-6/h7-10H,1-6H3. The molecule has 0 fully saturated rings. The van der Waals surface area contributed by atoms with Gasteiger partial charge in [0.2, 0.25) is 0 Å². The van der Waals surface area contributed by atoms with E-state index in [4.69, 9.17) is 4.74 Å². The molecule has 0 bridgehead atoms. The molecular weight excluding hydrogens is 184 g/mol. The largest absolute Gasteiger partial charge is 0.496 e. The second kappa shape index (κ2) is 4.69. The monoisotopic (exact) mass is 206 g/mol. The molecular formula is C14H22O. The van der Waals surface area contributed by atoms with Gasteiger partial charge in [0.1, 0.15) is 5.75 Å². The van der Waals surface area contributed by atoms with Crippen molar-refractivity contribution in [3.8, 4) is 5.75 Å². The Hall–Kier alpha value is -0.980. The Bertz CT molecular complexity index is 308. The van der Waals surface area contributed by atoms with Crippen LogP contribution >= 0.6 is 0 Å². The minimum absolute atomic E-state index is 0.511. The van der Waals surface area contributed by atoms with Crippen molar-refractivity contribution < 1.29 is 4.74 Å². The average molecular weight is 206 g/mol. The average Bonchev–Trinajstić information content (AvgIpc) is 2.16. The fourth-order valence-corrected chi connectivity index (χ4v) is 1.92. The van der Waals surface area contributed by atoms with Crippen LogP contribution in [0.25, 0.3) is 0 Å². The van der Waals surface area contributed by atoms with Crippen molar-refractivity contribution in [1.29, 1.82) is 0 Å². The van der Waals surface area contributed by atoms with E-state index in [1.165, 1.54) is 16.7 Å². The lowest BCUT2D eigenvalue weighted by Gasteiger charge is -2.19. The van der Waals surface area contributed by atoms with Gasteiger partial charge in [0.05, 0.1) is 7.11 Å². The number of aryl methyl sites for hydroxylation is 1. The van der Waals surface area contributed by atoms with Gasteiger partial charge in [-0.25, -0.2) is 0 Å². The summed E-state index contributed by atoms with van der Waals surface area (Å²) in [6, 6.07) is 4.46. The Labute approximate surface area is 93.5 Å². The van der Waals surface area contributed by atoms with E-state index in [1.807, 2.05) is 0 Å². The van der Waals surface area contributed by atoms with Crippen LogP contribution in [0, 0.1) is 6.92 Å². The molecule has 15 heavy (non-hydrogen) atoms. The second-order valence-corrected chi connectivity index (χ2v) is 4.79. The Morgan fingerprint density at radius 1 is 0.933 bits per heavy atom. The van der Waals surface area contributed by atoms with E-state index >= 15 is 0 Å². The van der Waals surface area contributed by atoms with Crippen LogP contribution in [0.15, 0.2) is 12.1 Å². The molecule has 0 spiro atoms.